The lowest BCUT2D eigenvalue weighted by molar-refractivity contribution is 0.247. The molecule has 1 aliphatic carbocycles. The molecule has 3 heteroatoms. The van der Waals surface area contributed by atoms with Crippen molar-refractivity contribution in [2.75, 3.05) is 13.7 Å². The number of nitrogens with one attached hydrogen (secondary N) is 1. The van der Waals surface area contributed by atoms with Crippen molar-refractivity contribution >= 4 is 0 Å². The average molecular weight is 248 g/mol. The predicted octanol–water partition coefficient (Wildman–Crippen LogP) is 3.01. The molecule has 0 spiro atoms. The highest BCUT2D eigenvalue weighted by atomic mass is 16.5. The Morgan fingerprint density at radius 1 is 1.39 bits per heavy atom. The Hall–Kier alpha value is -1.09. The molecule has 18 heavy (non-hydrogen) atoms. The highest BCUT2D eigenvalue weighted by Crippen LogP contribution is 2.29. The van der Waals surface area contributed by atoms with Crippen LogP contribution in [-0.2, 0) is 6.54 Å². The van der Waals surface area contributed by atoms with Gasteiger partial charge in [-0.05, 0) is 30.9 Å². The summed E-state index contributed by atoms with van der Waals surface area (Å²) in [4.78, 5) is 4.22. The Kier molecular flexibility index (Phi) is 5.00. The Morgan fingerprint density at radius 2 is 2.22 bits per heavy atom. The number of aromatic nitrogens is 1. The summed E-state index contributed by atoms with van der Waals surface area (Å²) < 4.78 is 5.26. The molecule has 0 radical (unpaired) electrons. The molecule has 1 aromatic heterocycles. The minimum absolute atomic E-state index is 0.738. The quantitative estimate of drug-likeness (QED) is 0.869. The molecule has 1 fully saturated rings. The second kappa shape index (κ2) is 6.74. The first-order valence-corrected chi connectivity index (χ1v) is 7.00. The minimum Gasteiger partial charge on any atom is -0.481 e. The summed E-state index contributed by atoms with van der Waals surface area (Å²) in [6.45, 7) is 4.34. The maximum absolute atomic E-state index is 5.26. The fraction of sp³-hybridized carbons (Fsp3) is 0.667. The van der Waals surface area contributed by atoms with Crippen molar-refractivity contribution in [2.45, 2.75) is 39.2 Å². The van der Waals surface area contributed by atoms with Crippen LogP contribution in [0.2, 0.25) is 0 Å². The lowest BCUT2D eigenvalue weighted by Gasteiger charge is -2.28. The van der Waals surface area contributed by atoms with E-state index in [0.717, 1.165) is 36.4 Å². The largest absolute Gasteiger partial charge is 0.481 e. The van der Waals surface area contributed by atoms with Gasteiger partial charge >= 0.3 is 0 Å². The first-order valence-electron chi connectivity index (χ1n) is 7.00. The van der Waals surface area contributed by atoms with Crippen molar-refractivity contribution < 1.29 is 4.74 Å². The van der Waals surface area contributed by atoms with Crippen LogP contribution >= 0.6 is 0 Å². The molecule has 3 nitrogen and oxygen atoms in total. The first kappa shape index (κ1) is 13.3. The minimum atomic E-state index is 0.738. The molecule has 0 saturated heterocycles. The van der Waals surface area contributed by atoms with E-state index in [0.29, 0.717) is 0 Å². The zero-order chi connectivity index (χ0) is 12.8. The van der Waals surface area contributed by atoms with E-state index in [2.05, 4.69) is 23.3 Å². The molecule has 1 N–H and O–H groups in total. The molecule has 0 amide bonds. The monoisotopic (exact) mass is 248 g/mol. The summed E-state index contributed by atoms with van der Waals surface area (Å²) in [7, 11) is 1.68. The van der Waals surface area contributed by atoms with Crippen LogP contribution in [0.5, 0.6) is 5.88 Å². The smallest absolute Gasteiger partial charge is 0.217 e. The van der Waals surface area contributed by atoms with E-state index in [4.69, 9.17) is 4.74 Å². The van der Waals surface area contributed by atoms with Crippen molar-refractivity contribution in [3.63, 3.8) is 0 Å². The molecule has 2 unspecified atom stereocenters. The number of pyridine rings is 1. The zero-order valence-electron chi connectivity index (χ0n) is 11.5. The SMILES string of the molecule is COc1ncccc1CNCC1CCCCC1C. The lowest BCUT2D eigenvalue weighted by atomic mass is 9.80. The molecule has 100 valence electrons. The van der Waals surface area contributed by atoms with Crippen LogP contribution in [0.4, 0.5) is 0 Å². The number of ether oxygens (including phenoxy) is 1. The fourth-order valence-electron chi connectivity index (χ4n) is 2.83. The molecule has 0 bridgehead atoms. The summed E-state index contributed by atoms with van der Waals surface area (Å²) in [5, 5.41) is 3.56. The van der Waals surface area contributed by atoms with Crippen LogP contribution in [0.15, 0.2) is 18.3 Å². The standard InChI is InChI=1S/C15H24N2O/c1-12-6-3-4-7-13(12)10-16-11-14-8-5-9-17-15(14)18-2/h5,8-9,12-13,16H,3-4,6-7,10-11H2,1-2H3. The highest BCUT2D eigenvalue weighted by Gasteiger charge is 2.20. The molecular weight excluding hydrogens is 224 g/mol. The molecule has 1 aliphatic rings. The van der Waals surface area contributed by atoms with Gasteiger partial charge in [-0.1, -0.05) is 32.3 Å². The molecule has 1 aromatic rings. The van der Waals surface area contributed by atoms with Gasteiger partial charge < -0.3 is 10.1 Å². The Labute approximate surface area is 110 Å². The fourth-order valence-corrected chi connectivity index (χ4v) is 2.83. The predicted molar refractivity (Wildman–Crippen MR) is 73.6 cm³/mol. The van der Waals surface area contributed by atoms with Crippen LogP contribution < -0.4 is 10.1 Å². The molecule has 0 aliphatic heterocycles. The van der Waals surface area contributed by atoms with Gasteiger partial charge in [0, 0.05) is 18.3 Å². The Balaban J connectivity index is 1.80. The van der Waals surface area contributed by atoms with Gasteiger partial charge in [0.25, 0.3) is 0 Å². The molecule has 0 aromatic carbocycles. The number of rotatable bonds is 5. The lowest BCUT2D eigenvalue weighted by Crippen LogP contribution is -2.29. The van der Waals surface area contributed by atoms with E-state index in [-0.39, 0.29) is 0 Å². The third kappa shape index (κ3) is 3.45. The number of hydrogen-bond donors (Lipinski definition) is 1. The van der Waals surface area contributed by atoms with Gasteiger partial charge in [0.05, 0.1) is 7.11 Å². The van der Waals surface area contributed by atoms with E-state index in [1.54, 1.807) is 13.3 Å². The molecule has 2 rings (SSSR count). The second-order valence-corrected chi connectivity index (χ2v) is 5.32. The van der Waals surface area contributed by atoms with Crippen LogP contribution in [0.25, 0.3) is 0 Å². The van der Waals surface area contributed by atoms with Gasteiger partial charge in [0.15, 0.2) is 0 Å². The maximum Gasteiger partial charge on any atom is 0.217 e. The van der Waals surface area contributed by atoms with Gasteiger partial charge in [0.1, 0.15) is 0 Å². The van der Waals surface area contributed by atoms with E-state index < -0.39 is 0 Å². The molecule has 2 atom stereocenters. The Morgan fingerprint density at radius 3 is 3.00 bits per heavy atom. The number of hydrogen-bond acceptors (Lipinski definition) is 3. The van der Waals surface area contributed by atoms with E-state index >= 15 is 0 Å². The molecule has 1 saturated carbocycles. The van der Waals surface area contributed by atoms with Gasteiger partial charge in [-0.3, -0.25) is 0 Å². The Bertz CT molecular complexity index is 367. The number of methoxy groups -OCH3 is 1. The second-order valence-electron chi connectivity index (χ2n) is 5.32. The summed E-state index contributed by atoms with van der Waals surface area (Å²) >= 11 is 0. The van der Waals surface area contributed by atoms with Crippen molar-refractivity contribution in [1.82, 2.24) is 10.3 Å². The van der Waals surface area contributed by atoms with Gasteiger partial charge in [0.2, 0.25) is 5.88 Å². The zero-order valence-corrected chi connectivity index (χ0v) is 11.5. The van der Waals surface area contributed by atoms with E-state index in [1.165, 1.54) is 25.7 Å². The summed E-state index contributed by atoms with van der Waals surface area (Å²) in [5.74, 6) is 2.44. The summed E-state index contributed by atoms with van der Waals surface area (Å²) in [6, 6.07) is 4.03. The molecule has 1 heterocycles. The maximum atomic E-state index is 5.26. The highest BCUT2D eigenvalue weighted by molar-refractivity contribution is 5.24. The van der Waals surface area contributed by atoms with Crippen LogP contribution in [0.1, 0.15) is 38.2 Å². The van der Waals surface area contributed by atoms with Crippen molar-refractivity contribution in [1.29, 1.82) is 0 Å². The topological polar surface area (TPSA) is 34.1 Å². The average Bonchev–Trinajstić information content (AvgIpc) is 2.41. The molecular formula is C15H24N2O. The van der Waals surface area contributed by atoms with Crippen LogP contribution in [0, 0.1) is 11.8 Å². The first-order chi connectivity index (χ1) is 8.81. The summed E-state index contributed by atoms with van der Waals surface area (Å²) in [6.07, 6.45) is 7.34. The van der Waals surface area contributed by atoms with E-state index in [1.807, 2.05) is 6.07 Å². The van der Waals surface area contributed by atoms with Gasteiger partial charge in [-0.15, -0.1) is 0 Å². The number of nitrogens with zero attached hydrogens (tertiary/aromatic N) is 1. The van der Waals surface area contributed by atoms with E-state index in [9.17, 15) is 0 Å². The third-order valence-electron chi connectivity index (χ3n) is 4.05. The van der Waals surface area contributed by atoms with Crippen molar-refractivity contribution in [2.24, 2.45) is 11.8 Å². The normalized spacial score (nSPS) is 23.9. The third-order valence-corrected chi connectivity index (χ3v) is 4.05. The van der Waals surface area contributed by atoms with Gasteiger partial charge in [-0.25, -0.2) is 4.98 Å². The van der Waals surface area contributed by atoms with Crippen molar-refractivity contribution in [3.05, 3.63) is 23.9 Å². The van der Waals surface area contributed by atoms with Crippen molar-refractivity contribution in [3.8, 4) is 5.88 Å². The van der Waals surface area contributed by atoms with Gasteiger partial charge in [-0.2, -0.15) is 0 Å². The van der Waals surface area contributed by atoms with Crippen LogP contribution in [-0.4, -0.2) is 18.6 Å². The van der Waals surface area contributed by atoms with Crippen LogP contribution in [0.3, 0.4) is 0 Å². The summed E-state index contributed by atoms with van der Waals surface area (Å²) in [5.41, 5.74) is 1.14.